The fourth-order valence-electron chi connectivity index (χ4n) is 2.35. The molecule has 4 N–H and O–H groups in total. The molecule has 1 aromatic carbocycles. The first-order valence-electron chi connectivity index (χ1n) is 6.20. The fourth-order valence-corrected chi connectivity index (χ4v) is 2.35. The molecule has 3 rings (SSSR count). The van der Waals surface area contributed by atoms with Gasteiger partial charge in [-0.3, -0.25) is 0 Å². The molecule has 0 bridgehead atoms. The van der Waals surface area contributed by atoms with E-state index < -0.39 is 0 Å². The predicted molar refractivity (Wildman–Crippen MR) is 68.7 cm³/mol. The van der Waals surface area contributed by atoms with Gasteiger partial charge in [-0.2, -0.15) is 5.48 Å². The molecule has 2 aromatic rings. The van der Waals surface area contributed by atoms with Crippen LogP contribution >= 0.6 is 0 Å². The second kappa shape index (κ2) is 5.07. The van der Waals surface area contributed by atoms with Crippen molar-refractivity contribution in [2.24, 2.45) is 5.73 Å². The molecule has 1 aliphatic rings. The summed E-state index contributed by atoms with van der Waals surface area (Å²) in [6.07, 6.45) is 3.84. The number of hydrogen-bond donors (Lipinski definition) is 3. The van der Waals surface area contributed by atoms with Crippen LogP contribution in [0.25, 0.3) is 10.9 Å². The summed E-state index contributed by atoms with van der Waals surface area (Å²) in [6.45, 7) is 1.25. The number of aromatic nitrogens is 1. The number of aromatic amines is 1. The predicted octanol–water partition coefficient (Wildman–Crippen LogP) is 1.05. The molecule has 0 amide bonds. The third-order valence-electron chi connectivity index (χ3n) is 3.27. The Morgan fingerprint density at radius 2 is 2.33 bits per heavy atom. The molecule has 18 heavy (non-hydrogen) atoms. The first-order chi connectivity index (χ1) is 8.86. The molecule has 0 radical (unpaired) electrons. The largest absolute Gasteiger partial charge is 0.361 e. The van der Waals surface area contributed by atoms with Gasteiger partial charge in [0, 0.05) is 17.1 Å². The van der Waals surface area contributed by atoms with Crippen LogP contribution in [0.4, 0.5) is 0 Å². The molecule has 0 aliphatic carbocycles. The molecule has 0 unspecified atom stereocenters. The minimum absolute atomic E-state index is 0.222. The lowest BCUT2D eigenvalue weighted by Crippen LogP contribution is -2.25. The van der Waals surface area contributed by atoms with Crippen LogP contribution in [0.1, 0.15) is 11.1 Å². The highest BCUT2D eigenvalue weighted by molar-refractivity contribution is 5.83. The van der Waals surface area contributed by atoms with E-state index in [2.05, 4.69) is 28.7 Å². The zero-order valence-electron chi connectivity index (χ0n) is 10.1. The van der Waals surface area contributed by atoms with Crippen molar-refractivity contribution in [2.75, 3.05) is 13.2 Å². The first kappa shape index (κ1) is 11.7. The molecular weight excluding hydrogens is 230 g/mol. The average molecular weight is 247 g/mol. The zero-order chi connectivity index (χ0) is 12.4. The normalized spacial score (nSPS) is 19.7. The molecule has 1 saturated heterocycles. The fraction of sp³-hybridized carbons (Fsp3) is 0.385. The summed E-state index contributed by atoms with van der Waals surface area (Å²) < 4.78 is 0. The Kier molecular flexibility index (Phi) is 3.29. The number of rotatable bonds is 4. The van der Waals surface area contributed by atoms with Gasteiger partial charge in [-0.05, 0) is 42.6 Å². The number of hydrogen-bond acceptors (Lipinski definition) is 4. The van der Waals surface area contributed by atoms with E-state index >= 15 is 0 Å². The molecule has 5 nitrogen and oxygen atoms in total. The van der Waals surface area contributed by atoms with E-state index in [1.807, 2.05) is 6.20 Å². The van der Waals surface area contributed by atoms with Crippen molar-refractivity contribution in [3.05, 3.63) is 35.5 Å². The van der Waals surface area contributed by atoms with Crippen LogP contribution in [-0.2, 0) is 22.7 Å². The van der Waals surface area contributed by atoms with E-state index in [1.54, 1.807) is 0 Å². The summed E-state index contributed by atoms with van der Waals surface area (Å²) in [5, 5.41) is 1.26. The molecule has 5 heteroatoms. The van der Waals surface area contributed by atoms with Gasteiger partial charge in [-0.15, -0.1) is 4.99 Å². The van der Waals surface area contributed by atoms with Crippen LogP contribution in [0.15, 0.2) is 24.4 Å². The van der Waals surface area contributed by atoms with Gasteiger partial charge < -0.3 is 10.7 Å². The van der Waals surface area contributed by atoms with Gasteiger partial charge in [0.25, 0.3) is 0 Å². The molecule has 0 spiro atoms. The summed E-state index contributed by atoms with van der Waals surface area (Å²) in [6, 6.07) is 6.68. The lowest BCUT2D eigenvalue weighted by atomic mass is 10.0. The summed E-state index contributed by atoms with van der Waals surface area (Å²) in [5.74, 6) is 0. The second-order valence-electron chi connectivity index (χ2n) is 4.62. The molecule has 1 aromatic heterocycles. The van der Waals surface area contributed by atoms with E-state index in [0.29, 0.717) is 13.2 Å². The summed E-state index contributed by atoms with van der Waals surface area (Å²) in [7, 11) is 0. The van der Waals surface area contributed by atoms with Gasteiger partial charge in [-0.1, -0.05) is 6.07 Å². The average Bonchev–Trinajstić information content (AvgIpc) is 3.00. The van der Waals surface area contributed by atoms with Crippen LogP contribution in [0.2, 0.25) is 0 Å². The highest BCUT2D eigenvalue weighted by Gasteiger charge is 2.17. The Morgan fingerprint density at radius 1 is 1.39 bits per heavy atom. The molecule has 1 aliphatic heterocycles. The lowest BCUT2D eigenvalue weighted by Gasteiger charge is -2.06. The summed E-state index contributed by atoms with van der Waals surface area (Å²) in [5.41, 5.74) is 12.2. The quantitative estimate of drug-likeness (QED) is 0.706. The molecule has 2 heterocycles. The van der Waals surface area contributed by atoms with Crippen molar-refractivity contribution in [1.29, 1.82) is 0 Å². The third kappa shape index (κ3) is 2.26. The number of nitrogens with one attached hydrogen (secondary N) is 2. The lowest BCUT2D eigenvalue weighted by molar-refractivity contribution is -0.285. The van der Waals surface area contributed by atoms with E-state index in [1.165, 1.54) is 16.5 Å². The second-order valence-corrected chi connectivity index (χ2v) is 4.62. The molecule has 96 valence electrons. The van der Waals surface area contributed by atoms with Gasteiger partial charge in [-0.25, -0.2) is 4.89 Å². The molecule has 1 fully saturated rings. The number of fused-ring (bicyclic) bond motifs is 1. The number of H-pyrrole nitrogens is 1. The number of nitrogens with two attached hydrogens (primary N) is 1. The number of hydroxylamine groups is 1. The van der Waals surface area contributed by atoms with E-state index in [0.717, 1.165) is 18.4 Å². The SMILES string of the molecule is NCCc1c[nH]c2ccc(C[C@H]3COON3)cc12. The third-order valence-corrected chi connectivity index (χ3v) is 3.27. The van der Waals surface area contributed by atoms with Crippen LogP contribution in [0.5, 0.6) is 0 Å². The monoisotopic (exact) mass is 247 g/mol. The van der Waals surface area contributed by atoms with Crippen LogP contribution in [-0.4, -0.2) is 24.2 Å². The van der Waals surface area contributed by atoms with Crippen LogP contribution < -0.4 is 11.2 Å². The minimum Gasteiger partial charge on any atom is -0.361 e. The van der Waals surface area contributed by atoms with Crippen molar-refractivity contribution in [3.8, 4) is 0 Å². The summed E-state index contributed by atoms with van der Waals surface area (Å²) >= 11 is 0. The van der Waals surface area contributed by atoms with Gasteiger partial charge >= 0.3 is 0 Å². The smallest absolute Gasteiger partial charge is 0.102 e. The molecule has 0 saturated carbocycles. The first-order valence-corrected chi connectivity index (χ1v) is 6.20. The highest BCUT2D eigenvalue weighted by atomic mass is 17.3. The maximum absolute atomic E-state index is 5.62. The van der Waals surface area contributed by atoms with Crippen molar-refractivity contribution in [2.45, 2.75) is 18.9 Å². The Morgan fingerprint density at radius 3 is 3.11 bits per heavy atom. The topological polar surface area (TPSA) is 72.3 Å². The Bertz CT molecular complexity index is 532. The number of benzene rings is 1. The van der Waals surface area contributed by atoms with Gasteiger partial charge in [0.1, 0.15) is 6.61 Å². The van der Waals surface area contributed by atoms with Gasteiger partial charge in [0.2, 0.25) is 0 Å². The maximum Gasteiger partial charge on any atom is 0.102 e. The summed E-state index contributed by atoms with van der Waals surface area (Å²) in [4.78, 5) is 12.8. The molecule has 1 atom stereocenters. The van der Waals surface area contributed by atoms with Crippen molar-refractivity contribution in [1.82, 2.24) is 10.5 Å². The Labute approximate surface area is 105 Å². The zero-order valence-corrected chi connectivity index (χ0v) is 10.1. The van der Waals surface area contributed by atoms with Gasteiger partial charge in [0.15, 0.2) is 0 Å². The highest BCUT2D eigenvalue weighted by Crippen LogP contribution is 2.21. The maximum atomic E-state index is 5.62. The van der Waals surface area contributed by atoms with E-state index in [4.69, 9.17) is 15.6 Å². The van der Waals surface area contributed by atoms with Crippen molar-refractivity contribution >= 4 is 10.9 Å². The van der Waals surface area contributed by atoms with E-state index in [-0.39, 0.29) is 6.04 Å². The van der Waals surface area contributed by atoms with Crippen LogP contribution in [0, 0.1) is 0 Å². The Balaban J connectivity index is 1.86. The van der Waals surface area contributed by atoms with Crippen molar-refractivity contribution < 1.29 is 9.88 Å². The molecular formula is C13H17N3O2. The van der Waals surface area contributed by atoms with Gasteiger partial charge in [0.05, 0.1) is 6.04 Å². The minimum atomic E-state index is 0.222. The Hall–Kier alpha value is -1.40. The van der Waals surface area contributed by atoms with Crippen LogP contribution in [0.3, 0.4) is 0 Å². The van der Waals surface area contributed by atoms with Crippen molar-refractivity contribution in [3.63, 3.8) is 0 Å². The standard InChI is InChI=1S/C13H17N3O2/c14-4-3-10-7-15-13-2-1-9(6-12(10)13)5-11-8-17-18-16-11/h1-2,6-7,11,15-16H,3-5,8,14H2/t11-/m0/s1. The van der Waals surface area contributed by atoms with E-state index in [9.17, 15) is 0 Å².